The van der Waals surface area contributed by atoms with Crippen LogP contribution in [0.15, 0.2) is 72.8 Å². The van der Waals surface area contributed by atoms with Crippen molar-refractivity contribution >= 4 is 52.7 Å². The van der Waals surface area contributed by atoms with E-state index in [0.717, 1.165) is 16.4 Å². The largest absolute Gasteiger partial charge is 0.423 e. The zero-order valence-corrected chi connectivity index (χ0v) is 23.6. The van der Waals surface area contributed by atoms with Crippen molar-refractivity contribution in [2.24, 2.45) is 17.8 Å². The number of benzene rings is 3. The van der Waals surface area contributed by atoms with Crippen molar-refractivity contribution in [3.8, 4) is 5.75 Å². The molecule has 1 aliphatic heterocycles. The molecule has 5 rings (SSSR count). The summed E-state index contributed by atoms with van der Waals surface area (Å²) in [5, 5.41) is 2.04. The highest BCUT2D eigenvalue weighted by atomic mass is 35.5. The fourth-order valence-electron chi connectivity index (χ4n) is 5.32. The molecule has 41 heavy (non-hydrogen) atoms. The first-order chi connectivity index (χ1) is 19.6. The van der Waals surface area contributed by atoms with Crippen LogP contribution in [0.3, 0.4) is 0 Å². The smallest absolute Gasteiger partial charge is 0.343 e. The highest BCUT2D eigenvalue weighted by Crippen LogP contribution is 2.41. The Labute approximate surface area is 246 Å². The van der Waals surface area contributed by atoms with E-state index in [1.807, 2.05) is 6.92 Å². The number of nitrogens with zero attached hydrogens (tertiary/aromatic N) is 2. The highest BCUT2D eigenvalue weighted by Gasteiger charge is 2.53. The predicted octanol–water partition coefficient (Wildman–Crippen LogP) is 5.87. The molecule has 3 amide bonds. The Balaban J connectivity index is 1.40. The third-order valence-corrected chi connectivity index (χ3v) is 8.04. The fourth-order valence-corrected chi connectivity index (χ4v) is 5.81. The molecule has 2 fully saturated rings. The van der Waals surface area contributed by atoms with Crippen molar-refractivity contribution in [2.45, 2.75) is 26.2 Å². The van der Waals surface area contributed by atoms with Crippen LogP contribution in [0.2, 0.25) is 10.0 Å². The number of ether oxygens (including phenoxy) is 1. The van der Waals surface area contributed by atoms with E-state index in [4.69, 9.17) is 27.9 Å². The number of amides is 3. The summed E-state index contributed by atoms with van der Waals surface area (Å²) in [5.41, 5.74) is 0.558. The second kappa shape index (κ2) is 11.8. The molecule has 10 heteroatoms. The third kappa shape index (κ3) is 5.89. The van der Waals surface area contributed by atoms with Crippen LogP contribution in [0.5, 0.6) is 5.75 Å². The number of carbonyl (C=O) groups is 5. The first-order valence-electron chi connectivity index (χ1n) is 13.2. The van der Waals surface area contributed by atoms with Gasteiger partial charge in [-0.1, -0.05) is 48.3 Å². The normalized spacial score (nSPS) is 20.0. The molecule has 3 atom stereocenters. The average molecular weight is 593 g/mol. The lowest BCUT2D eigenvalue weighted by molar-refractivity contribution is -0.154. The van der Waals surface area contributed by atoms with Crippen LogP contribution >= 0.6 is 23.2 Å². The number of halogens is 2. The number of imide groups is 1. The zero-order chi connectivity index (χ0) is 29.3. The van der Waals surface area contributed by atoms with Gasteiger partial charge in [0.25, 0.3) is 17.7 Å². The van der Waals surface area contributed by atoms with Gasteiger partial charge in [0.15, 0.2) is 5.78 Å². The first kappa shape index (κ1) is 28.5. The molecule has 3 aromatic rings. The van der Waals surface area contributed by atoms with E-state index >= 15 is 0 Å². The highest BCUT2D eigenvalue weighted by molar-refractivity contribution is 6.36. The van der Waals surface area contributed by atoms with E-state index in [0.29, 0.717) is 23.4 Å². The van der Waals surface area contributed by atoms with Crippen molar-refractivity contribution in [3.05, 3.63) is 99.5 Å². The summed E-state index contributed by atoms with van der Waals surface area (Å²) in [4.78, 5) is 66.5. The maximum absolute atomic E-state index is 13.7. The number of hydrazine groups is 1. The topological polar surface area (TPSA) is 101 Å². The van der Waals surface area contributed by atoms with Crippen molar-refractivity contribution < 1.29 is 28.7 Å². The molecule has 0 bridgehead atoms. The number of carbonyl (C=O) groups excluding carboxylic acids is 5. The van der Waals surface area contributed by atoms with E-state index in [-0.39, 0.29) is 27.8 Å². The second-order valence-corrected chi connectivity index (χ2v) is 11.2. The van der Waals surface area contributed by atoms with Crippen molar-refractivity contribution in [3.63, 3.8) is 0 Å². The van der Waals surface area contributed by atoms with E-state index in [1.54, 1.807) is 30.3 Å². The molecule has 2 aliphatic rings. The summed E-state index contributed by atoms with van der Waals surface area (Å²) in [6.45, 7) is 1.44. The molecule has 210 valence electrons. The summed E-state index contributed by atoms with van der Waals surface area (Å²) in [6.07, 6.45) is 1.87. The maximum Gasteiger partial charge on any atom is 0.343 e. The molecular formula is C31H26Cl2N2O6. The Morgan fingerprint density at radius 2 is 1.56 bits per heavy atom. The van der Waals surface area contributed by atoms with Gasteiger partial charge < -0.3 is 4.74 Å². The SMILES string of the molecule is C[C@@H]1CC[C@@H]2C(=O)N(N(CC(=O)c3ccc(OC(=O)c4ccccc4)cc3)C(=O)c3ccc(Cl)cc3Cl)C(=O)[C@H]2C1. The van der Waals surface area contributed by atoms with E-state index in [1.165, 1.54) is 42.5 Å². The zero-order valence-electron chi connectivity index (χ0n) is 22.1. The lowest BCUT2D eigenvalue weighted by atomic mass is 9.76. The van der Waals surface area contributed by atoms with Gasteiger partial charge in [-0.15, -0.1) is 0 Å². The van der Waals surface area contributed by atoms with E-state index in [9.17, 15) is 24.0 Å². The molecule has 1 heterocycles. The second-order valence-electron chi connectivity index (χ2n) is 10.3. The number of esters is 1. The monoisotopic (exact) mass is 592 g/mol. The lowest BCUT2D eigenvalue weighted by Crippen LogP contribution is -2.52. The van der Waals surface area contributed by atoms with Crippen LogP contribution in [0.1, 0.15) is 57.3 Å². The van der Waals surface area contributed by atoms with Crippen LogP contribution in [0.4, 0.5) is 0 Å². The van der Waals surface area contributed by atoms with Crippen molar-refractivity contribution in [2.75, 3.05) is 6.54 Å². The van der Waals surface area contributed by atoms with E-state index < -0.39 is 47.9 Å². The Hall–Kier alpha value is -4.01. The first-order valence-corrected chi connectivity index (χ1v) is 13.9. The molecule has 3 aromatic carbocycles. The van der Waals surface area contributed by atoms with Crippen LogP contribution in [0.25, 0.3) is 0 Å². The van der Waals surface area contributed by atoms with Gasteiger partial charge in [-0.2, -0.15) is 5.01 Å². The number of rotatable bonds is 7. The van der Waals surface area contributed by atoms with Gasteiger partial charge >= 0.3 is 5.97 Å². The van der Waals surface area contributed by atoms with Crippen LogP contribution in [-0.4, -0.2) is 46.0 Å². The Morgan fingerprint density at radius 3 is 2.24 bits per heavy atom. The molecule has 1 saturated carbocycles. The number of Topliss-reactive ketones (excluding diaryl/α,β-unsaturated/α-hetero) is 1. The minimum absolute atomic E-state index is 0.00382. The number of ketones is 1. The number of fused-ring (bicyclic) bond motifs is 1. The minimum atomic E-state index is -0.776. The van der Waals surface area contributed by atoms with Gasteiger partial charge in [-0.25, -0.2) is 9.80 Å². The van der Waals surface area contributed by atoms with E-state index in [2.05, 4.69) is 0 Å². The summed E-state index contributed by atoms with van der Waals surface area (Å²) in [7, 11) is 0. The Morgan fingerprint density at radius 1 is 0.878 bits per heavy atom. The molecule has 0 spiro atoms. The Bertz CT molecular complexity index is 1530. The molecule has 8 nitrogen and oxygen atoms in total. The Kier molecular flexibility index (Phi) is 8.24. The molecule has 0 aromatic heterocycles. The lowest BCUT2D eigenvalue weighted by Gasteiger charge is -2.30. The molecule has 1 saturated heterocycles. The van der Waals surface area contributed by atoms with Gasteiger partial charge in [0, 0.05) is 10.6 Å². The third-order valence-electron chi connectivity index (χ3n) is 7.49. The quantitative estimate of drug-likeness (QED) is 0.147. The van der Waals surface area contributed by atoms with Crippen molar-refractivity contribution in [1.29, 1.82) is 0 Å². The van der Waals surface area contributed by atoms with Crippen LogP contribution in [-0.2, 0) is 9.59 Å². The van der Waals surface area contributed by atoms with Crippen LogP contribution < -0.4 is 4.74 Å². The molecule has 0 radical (unpaired) electrons. The summed E-state index contributed by atoms with van der Waals surface area (Å²) in [6, 6.07) is 18.5. The number of hydrogen-bond donors (Lipinski definition) is 0. The molecule has 1 aliphatic carbocycles. The molecular weight excluding hydrogens is 567 g/mol. The summed E-state index contributed by atoms with van der Waals surface area (Å²) < 4.78 is 5.37. The maximum atomic E-state index is 13.7. The number of hydrogen-bond acceptors (Lipinski definition) is 6. The van der Waals surface area contributed by atoms with Crippen LogP contribution in [0, 0.1) is 17.8 Å². The summed E-state index contributed by atoms with van der Waals surface area (Å²) >= 11 is 12.3. The fraction of sp³-hybridized carbons (Fsp3) is 0.258. The van der Waals surface area contributed by atoms with Gasteiger partial charge in [0.05, 0.1) is 28.0 Å². The van der Waals surface area contributed by atoms with Gasteiger partial charge in [0.2, 0.25) is 0 Å². The summed E-state index contributed by atoms with van der Waals surface area (Å²) in [5.74, 6) is -3.46. The standard InChI is InChI=1S/C31H26Cl2N2O6/c1-18-7-13-23-25(15-18)30(39)35(29(23)38)34(28(37)24-14-10-21(32)16-26(24)33)17-27(36)19-8-11-22(12-9-19)41-31(40)20-5-3-2-4-6-20/h2-6,8-12,14,16,18,23,25H,7,13,15,17H2,1H3/t18-,23+,25+/m1/s1. The van der Waals surface area contributed by atoms with Crippen molar-refractivity contribution in [1.82, 2.24) is 10.0 Å². The van der Waals surface area contributed by atoms with Gasteiger partial charge in [0.1, 0.15) is 12.3 Å². The van der Waals surface area contributed by atoms with Gasteiger partial charge in [-0.3, -0.25) is 19.2 Å². The predicted molar refractivity (Wildman–Crippen MR) is 152 cm³/mol. The average Bonchev–Trinajstić information content (AvgIpc) is 3.20. The minimum Gasteiger partial charge on any atom is -0.423 e. The molecule has 0 unspecified atom stereocenters. The van der Waals surface area contributed by atoms with Gasteiger partial charge in [-0.05, 0) is 79.8 Å². The molecule has 0 N–H and O–H groups in total.